The van der Waals surface area contributed by atoms with Crippen LogP contribution in [-0.2, 0) is 0 Å². The molecule has 1 aliphatic carbocycles. The zero-order valence-electron chi connectivity index (χ0n) is 10.4. The van der Waals surface area contributed by atoms with Crippen LogP contribution in [0, 0.1) is 6.92 Å². The molecule has 1 N–H and O–H groups in total. The SMILES string of the molecule is CSC1(CNc2ncc(C)cc2Br)CCCC1. The summed E-state index contributed by atoms with van der Waals surface area (Å²) in [4.78, 5) is 4.44. The largest absolute Gasteiger partial charge is 0.368 e. The Kier molecular flexibility index (Phi) is 4.36. The van der Waals surface area contributed by atoms with E-state index < -0.39 is 0 Å². The van der Waals surface area contributed by atoms with Gasteiger partial charge in [0.05, 0.1) is 4.47 Å². The highest BCUT2D eigenvalue weighted by molar-refractivity contribution is 9.10. The van der Waals surface area contributed by atoms with Crippen LogP contribution in [0.2, 0.25) is 0 Å². The van der Waals surface area contributed by atoms with E-state index in [-0.39, 0.29) is 0 Å². The summed E-state index contributed by atoms with van der Waals surface area (Å²) in [6, 6.07) is 2.11. The standard InChI is InChI=1S/C13H19BrN2S/c1-10-7-11(14)12(15-8-10)16-9-13(17-2)5-3-4-6-13/h7-8H,3-6,9H2,1-2H3,(H,15,16). The van der Waals surface area contributed by atoms with Crippen molar-refractivity contribution in [2.45, 2.75) is 37.4 Å². The second-order valence-electron chi connectivity index (χ2n) is 4.79. The molecule has 0 radical (unpaired) electrons. The van der Waals surface area contributed by atoms with Crippen molar-refractivity contribution in [1.82, 2.24) is 4.98 Å². The Balaban J connectivity index is 2.01. The Morgan fingerprint density at radius 1 is 1.47 bits per heavy atom. The number of hydrogen-bond acceptors (Lipinski definition) is 3. The molecule has 1 aromatic heterocycles. The molecule has 0 amide bonds. The predicted octanol–water partition coefficient (Wildman–Crippen LogP) is 4.24. The van der Waals surface area contributed by atoms with Gasteiger partial charge in [0.25, 0.3) is 0 Å². The minimum absolute atomic E-state index is 0.423. The van der Waals surface area contributed by atoms with E-state index in [4.69, 9.17) is 0 Å². The van der Waals surface area contributed by atoms with Crippen molar-refractivity contribution in [1.29, 1.82) is 0 Å². The van der Waals surface area contributed by atoms with Gasteiger partial charge in [0, 0.05) is 17.5 Å². The fourth-order valence-electron chi connectivity index (χ4n) is 2.38. The normalized spacial score (nSPS) is 18.3. The van der Waals surface area contributed by atoms with Gasteiger partial charge in [-0.2, -0.15) is 11.8 Å². The van der Waals surface area contributed by atoms with Crippen molar-refractivity contribution in [2.24, 2.45) is 0 Å². The molecule has 1 aliphatic rings. The van der Waals surface area contributed by atoms with Gasteiger partial charge in [-0.15, -0.1) is 0 Å². The van der Waals surface area contributed by atoms with E-state index in [9.17, 15) is 0 Å². The molecule has 4 heteroatoms. The van der Waals surface area contributed by atoms with Crippen LogP contribution < -0.4 is 5.32 Å². The van der Waals surface area contributed by atoms with Crippen LogP contribution >= 0.6 is 27.7 Å². The Morgan fingerprint density at radius 3 is 2.76 bits per heavy atom. The molecular weight excluding hydrogens is 296 g/mol. The fraction of sp³-hybridized carbons (Fsp3) is 0.615. The highest BCUT2D eigenvalue weighted by Crippen LogP contribution is 2.40. The summed E-state index contributed by atoms with van der Waals surface area (Å²) in [5, 5.41) is 3.50. The van der Waals surface area contributed by atoms with E-state index >= 15 is 0 Å². The summed E-state index contributed by atoms with van der Waals surface area (Å²) in [6.45, 7) is 3.07. The first-order valence-corrected chi connectivity index (χ1v) is 8.08. The van der Waals surface area contributed by atoms with Gasteiger partial charge in [-0.05, 0) is 53.6 Å². The number of nitrogens with one attached hydrogen (secondary N) is 1. The van der Waals surface area contributed by atoms with Gasteiger partial charge >= 0.3 is 0 Å². The summed E-state index contributed by atoms with van der Waals surface area (Å²) in [7, 11) is 0. The van der Waals surface area contributed by atoms with Crippen LogP contribution in [0.15, 0.2) is 16.7 Å². The lowest BCUT2D eigenvalue weighted by atomic mass is 10.1. The molecule has 0 saturated heterocycles. The van der Waals surface area contributed by atoms with Gasteiger partial charge in [-0.1, -0.05) is 12.8 Å². The predicted molar refractivity (Wildman–Crippen MR) is 79.9 cm³/mol. The topological polar surface area (TPSA) is 24.9 Å². The van der Waals surface area contributed by atoms with Crippen molar-refractivity contribution >= 4 is 33.5 Å². The van der Waals surface area contributed by atoms with Crippen LogP contribution in [0.4, 0.5) is 5.82 Å². The number of pyridine rings is 1. The van der Waals surface area contributed by atoms with Gasteiger partial charge in [0.2, 0.25) is 0 Å². The lowest BCUT2D eigenvalue weighted by Gasteiger charge is -2.27. The quantitative estimate of drug-likeness (QED) is 0.899. The first-order valence-electron chi connectivity index (χ1n) is 6.06. The van der Waals surface area contributed by atoms with E-state index in [0.29, 0.717) is 4.75 Å². The number of hydrogen-bond donors (Lipinski definition) is 1. The number of rotatable bonds is 4. The second-order valence-corrected chi connectivity index (χ2v) is 6.92. The monoisotopic (exact) mass is 314 g/mol. The van der Waals surface area contributed by atoms with Gasteiger partial charge in [-0.3, -0.25) is 0 Å². The van der Waals surface area contributed by atoms with Crippen LogP contribution in [0.25, 0.3) is 0 Å². The van der Waals surface area contributed by atoms with Crippen LogP contribution in [0.3, 0.4) is 0 Å². The third-order valence-corrected chi connectivity index (χ3v) is 5.53. The first kappa shape index (κ1) is 13.2. The molecule has 1 saturated carbocycles. The number of nitrogens with zero attached hydrogens (tertiary/aromatic N) is 1. The van der Waals surface area contributed by atoms with Crippen molar-refractivity contribution < 1.29 is 0 Å². The molecule has 94 valence electrons. The van der Waals surface area contributed by atoms with E-state index in [2.05, 4.69) is 45.5 Å². The van der Waals surface area contributed by atoms with Crippen LogP contribution in [0.1, 0.15) is 31.2 Å². The van der Waals surface area contributed by atoms with E-state index in [1.165, 1.54) is 31.2 Å². The van der Waals surface area contributed by atoms with E-state index in [1.54, 1.807) is 0 Å². The molecule has 17 heavy (non-hydrogen) atoms. The van der Waals surface area contributed by atoms with E-state index in [0.717, 1.165) is 16.8 Å². The minimum Gasteiger partial charge on any atom is -0.368 e. The molecule has 0 unspecified atom stereocenters. The maximum absolute atomic E-state index is 4.44. The number of aromatic nitrogens is 1. The maximum Gasteiger partial charge on any atom is 0.140 e. The zero-order valence-corrected chi connectivity index (χ0v) is 12.8. The lowest BCUT2D eigenvalue weighted by molar-refractivity contribution is 0.638. The van der Waals surface area contributed by atoms with Crippen molar-refractivity contribution in [2.75, 3.05) is 18.1 Å². The van der Waals surface area contributed by atoms with Crippen molar-refractivity contribution in [3.63, 3.8) is 0 Å². The minimum atomic E-state index is 0.423. The average Bonchev–Trinajstić information content (AvgIpc) is 2.77. The molecular formula is C13H19BrN2S. The number of halogens is 1. The summed E-state index contributed by atoms with van der Waals surface area (Å²) in [6.07, 6.45) is 9.52. The summed E-state index contributed by atoms with van der Waals surface area (Å²) in [5.41, 5.74) is 1.18. The highest BCUT2D eigenvalue weighted by Gasteiger charge is 2.32. The highest BCUT2D eigenvalue weighted by atomic mass is 79.9. The molecule has 2 nitrogen and oxygen atoms in total. The fourth-order valence-corrected chi connectivity index (χ4v) is 3.90. The molecule has 1 fully saturated rings. The van der Waals surface area contributed by atoms with Crippen molar-refractivity contribution in [3.05, 3.63) is 22.3 Å². The Labute approximate surface area is 116 Å². The third-order valence-electron chi connectivity index (χ3n) is 3.50. The maximum atomic E-state index is 4.44. The first-order chi connectivity index (χ1) is 8.15. The van der Waals surface area contributed by atoms with Gasteiger partial charge in [-0.25, -0.2) is 4.98 Å². The van der Waals surface area contributed by atoms with Crippen molar-refractivity contribution in [3.8, 4) is 0 Å². The molecule has 1 aromatic rings. The third kappa shape index (κ3) is 3.16. The molecule has 0 atom stereocenters. The van der Waals surface area contributed by atoms with Gasteiger partial charge in [0.1, 0.15) is 5.82 Å². The van der Waals surface area contributed by atoms with E-state index in [1.807, 2.05) is 18.0 Å². The lowest BCUT2D eigenvalue weighted by Crippen LogP contribution is -2.30. The number of thioether (sulfide) groups is 1. The Hall–Kier alpha value is -0.220. The summed E-state index contributed by atoms with van der Waals surface area (Å²) in [5.74, 6) is 0.968. The van der Waals surface area contributed by atoms with Gasteiger partial charge in [0.15, 0.2) is 0 Å². The zero-order chi connectivity index (χ0) is 12.3. The smallest absolute Gasteiger partial charge is 0.140 e. The molecule has 1 heterocycles. The molecule has 2 rings (SSSR count). The Bertz CT molecular complexity index is 389. The molecule has 0 bridgehead atoms. The van der Waals surface area contributed by atoms with Gasteiger partial charge < -0.3 is 5.32 Å². The number of aryl methyl sites for hydroxylation is 1. The average molecular weight is 315 g/mol. The number of anilines is 1. The molecule has 0 aromatic carbocycles. The second kappa shape index (κ2) is 5.61. The Morgan fingerprint density at radius 2 is 2.18 bits per heavy atom. The summed E-state index contributed by atoms with van der Waals surface area (Å²) >= 11 is 5.57. The van der Waals surface area contributed by atoms with Crippen LogP contribution in [0.5, 0.6) is 0 Å². The molecule has 0 aliphatic heterocycles. The summed E-state index contributed by atoms with van der Waals surface area (Å²) < 4.78 is 1.48. The van der Waals surface area contributed by atoms with Crippen LogP contribution in [-0.4, -0.2) is 22.5 Å². The molecule has 0 spiro atoms.